The number of thioether (sulfide) groups is 1. The van der Waals surface area contributed by atoms with E-state index in [4.69, 9.17) is 9.36 Å². The lowest BCUT2D eigenvalue weighted by Crippen LogP contribution is -2.22. The van der Waals surface area contributed by atoms with Gasteiger partial charge >= 0.3 is 5.97 Å². The highest BCUT2D eigenvalue weighted by atomic mass is 32.2. The molecule has 0 aliphatic heterocycles. The molecule has 0 saturated carbocycles. The Labute approximate surface area is 141 Å². The average Bonchev–Trinajstić information content (AvgIpc) is 3.15. The zero-order valence-electron chi connectivity index (χ0n) is 12.6. The molecule has 3 rings (SSSR count). The van der Waals surface area contributed by atoms with Gasteiger partial charge in [0.1, 0.15) is 11.0 Å². The maximum Gasteiger partial charge on any atom is 0.345 e. The van der Waals surface area contributed by atoms with Crippen molar-refractivity contribution in [3.05, 3.63) is 36.1 Å². The Kier molecular flexibility index (Phi) is 4.82. The largest absolute Gasteiger partial charge is 0.359 e. The summed E-state index contributed by atoms with van der Waals surface area (Å²) in [6.07, 6.45) is 0.638. The normalized spacial score (nSPS) is 12.3. The van der Waals surface area contributed by atoms with Crippen LogP contribution in [0.25, 0.3) is 10.2 Å². The zero-order valence-corrected chi connectivity index (χ0v) is 14.2. The third kappa shape index (κ3) is 3.83. The van der Waals surface area contributed by atoms with Gasteiger partial charge in [0.2, 0.25) is 5.82 Å². The van der Waals surface area contributed by atoms with Crippen LogP contribution < -0.4 is 5.48 Å². The topological polar surface area (TPSA) is 77.2 Å². The van der Waals surface area contributed by atoms with Crippen LogP contribution >= 0.6 is 23.1 Å². The van der Waals surface area contributed by atoms with Crippen molar-refractivity contribution in [1.82, 2.24) is 10.1 Å². The van der Waals surface area contributed by atoms with Crippen molar-refractivity contribution in [3.63, 3.8) is 0 Å². The molecule has 2 heterocycles. The molecule has 0 saturated heterocycles. The van der Waals surface area contributed by atoms with E-state index in [0.29, 0.717) is 18.0 Å². The van der Waals surface area contributed by atoms with E-state index in [1.54, 1.807) is 24.3 Å². The molecule has 0 bridgehead atoms. The summed E-state index contributed by atoms with van der Waals surface area (Å²) >= 11 is 2.98. The molecule has 8 heteroatoms. The number of para-hydroxylation sites is 1. The first-order chi connectivity index (χ1) is 11.2. The molecule has 1 aromatic carbocycles. The van der Waals surface area contributed by atoms with Crippen molar-refractivity contribution in [2.45, 2.75) is 29.9 Å². The van der Waals surface area contributed by atoms with Gasteiger partial charge in [-0.15, -0.1) is 11.3 Å². The zero-order chi connectivity index (χ0) is 16.2. The molecule has 0 unspecified atom stereocenters. The van der Waals surface area contributed by atoms with Crippen LogP contribution in [0.4, 0.5) is 5.82 Å². The first-order valence-electron chi connectivity index (χ1n) is 7.08. The predicted molar refractivity (Wildman–Crippen MR) is 90.5 cm³/mol. The van der Waals surface area contributed by atoms with E-state index < -0.39 is 0 Å². The molecular weight excluding hydrogens is 334 g/mol. The molecule has 0 spiro atoms. The number of carbonyl (C=O) groups is 1. The summed E-state index contributed by atoms with van der Waals surface area (Å²) in [6.45, 7) is 3.70. The number of aromatic nitrogens is 2. The van der Waals surface area contributed by atoms with Crippen LogP contribution in [-0.4, -0.2) is 21.4 Å². The smallest absolute Gasteiger partial charge is 0.345 e. The molecule has 23 heavy (non-hydrogen) atoms. The molecular formula is C15H15N3O3S2. The highest BCUT2D eigenvalue weighted by molar-refractivity contribution is 8.02. The minimum absolute atomic E-state index is 0.337. The molecule has 0 fully saturated rings. The molecule has 1 atom stereocenters. The number of thiazole rings is 1. The number of nitrogens with one attached hydrogen (secondary N) is 1. The Bertz CT molecular complexity index is 782. The van der Waals surface area contributed by atoms with Crippen LogP contribution in [0, 0.1) is 6.92 Å². The second-order valence-corrected chi connectivity index (χ2v) is 7.29. The lowest BCUT2D eigenvalue weighted by Gasteiger charge is -2.11. The van der Waals surface area contributed by atoms with Gasteiger partial charge < -0.3 is 9.36 Å². The summed E-state index contributed by atoms with van der Waals surface area (Å²) in [6, 6.07) is 9.56. The van der Waals surface area contributed by atoms with Gasteiger partial charge in [0, 0.05) is 6.07 Å². The number of hydrogen-bond acceptors (Lipinski definition) is 8. The van der Waals surface area contributed by atoms with Gasteiger partial charge in [-0.2, -0.15) is 5.48 Å². The van der Waals surface area contributed by atoms with Gasteiger partial charge in [0.05, 0.1) is 10.2 Å². The Morgan fingerprint density at radius 1 is 1.48 bits per heavy atom. The fourth-order valence-corrected chi connectivity index (χ4v) is 4.12. The van der Waals surface area contributed by atoms with Crippen molar-refractivity contribution in [3.8, 4) is 0 Å². The monoisotopic (exact) mass is 349 g/mol. The minimum atomic E-state index is -0.364. The highest BCUT2D eigenvalue weighted by Crippen LogP contribution is 2.33. The van der Waals surface area contributed by atoms with Crippen molar-refractivity contribution in [2.24, 2.45) is 0 Å². The maximum absolute atomic E-state index is 12.2. The first kappa shape index (κ1) is 15.8. The molecule has 1 N–H and O–H groups in total. The summed E-state index contributed by atoms with van der Waals surface area (Å²) in [5.74, 6) is 0.646. The number of nitrogens with zero attached hydrogens (tertiary/aromatic N) is 2. The lowest BCUT2D eigenvalue weighted by molar-refractivity contribution is -0.140. The Morgan fingerprint density at radius 2 is 2.30 bits per heavy atom. The van der Waals surface area contributed by atoms with E-state index in [1.807, 2.05) is 31.2 Å². The van der Waals surface area contributed by atoms with Gasteiger partial charge in [-0.25, -0.2) is 9.78 Å². The molecule has 0 amide bonds. The standard InChI is InChI=1S/C15H15N3O3S2/c1-3-11(14(19)21-18-13-8-9(2)20-17-13)22-15-16-10-6-4-5-7-12(10)23-15/h4-8,11H,3H2,1-2H3,(H,17,18)/t11-/m1/s1. The quantitative estimate of drug-likeness (QED) is 0.531. The number of benzene rings is 1. The van der Waals surface area contributed by atoms with E-state index >= 15 is 0 Å². The summed E-state index contributed by atoms with van der Waals surface area (Å²) in [5.41, 5.74) is 3.45. The first-order valence-corrected chi connectivity index (χ1v) is 8.77. The van der Waals surface area contributed by atoms with Crippen molar-refractivity contribution >= 4 is 45.1 Å². The second kappa shape index (κ2) is 7.01. The Hall–Kier alpha value is -2.06. The Morgan fingerprint density at radius 3 is 3.00 bits per heavy atom. The number of anilines is 1. The summed E-state index contributed by atoms with van der Waals surface area (Å²) < 4.78 is 6.86. The van der Waals surface area contributed by atoms with E-state index in [2.05, 4.69) is 15.6 Å². The lowest BCUT2D eigenvalue weighted by atomic mass is 10.3. The van der Waals surface area contributed by atoms with Gasteiger partial charge in [-0.05, 0) is 25.5 Å². The fraction of sp³-hybridized carbons (Fsp3) is 0.267. The number of fused-ring (bicyclic) bond motifs is 1. The van der Waals surface area contributed by atoms with E-state index in [-0.39, 0.29) is 11.2 Å². The van der Waals surface area contributed by atoms with E-state index in [0.717, 1.165) is 14.6 Å². The summed E-state index contributed by atoms with van der Waals surface area (Å²) in [7, 11) is 0. The summed E-state index contributed by atoms with van der Waals surface area (Å²) in [4.78, 5) is 21.8. The minimum Gasteiger partial charge on any atom is -0.359 e. The molecule has 0 radical (unpaired) electrons. The number of carbonyl (C=O) groups excluding carboxylic acids is 1. The summed E-state index contributed by atoms with van der Waals surface area (Å²) in [5, 5.41) is 3.37. The molecule has 6 nitrogen and oxygen atoms in total. The number of aryl methyl sites for hydroxylation is 1. The maximum atomic E-state index is 12.2. The second-order valence-electron chi connectivity index (χ2n) is 4.81. The van der Waals surface area contributed by atoms with Crippen LogP contribution in [0.3, 0.4) is 0 Å². The van der Waals surface area contributed by atoms with Crippen molar-refractivity contribution in [1.29, 1.82) is 0 Å². The SMILES string of the molecule is CC[C@@H](Sc1nc2ccccc2s1)C(=O)ONc1cc(C)on1. The molecule has 0 aliphatic rings. The highest BCUT2D eigenvalue weighted by Gasteiger charge is 2.22. The molecule has 0 aliphatic carbocycles. The van der Waals surface area contributed by atoms with E-state index in [9.17, 15) is 4.79 Å². The Balaban J connectivity index is 1.63. The van der Waals surface area contributed by atoms with Gasteiger partial charge in [-0.3, -0.25) is 0 Å². The van der Waals surface area contributed by atoms with Gasteiger partial charge in [0.15, 0.2) is 4.34 Å². The van der Waals surface area contributed by atoms with Crippen LogP contribution in [0.15, 0.2) is 39.2 Å². The molecule has 3 aromatic rings. The van der Waals surface area contributed by atoms with Crippen LogP contribution in [-0.2, 0) is 9.63 Å². The fourth-order valence-electron chi connectivity index (χ4n) is 1.90. The van der Waals surface area contributed by atoms with Gasteiger partial charge in [0.25, 0.3) is 0 Å². The average molecular weight is 349 g/mol. The number of rotatable bonds is 6. The predicted octanol–water partition coefficient (Wildman–Crippen LogP) is 4.03. The third-order valence-electron chi connectivity index (χ3n) is 3.04. The molecule has 2 aromatic heterocycles. The third-order valence-corrected chi connectivity index (χ3v) is 5.51. The van der Waals surface area contributed by atoms with Gasteiger partial charge in [-0.1, -0.05) is 36.0 Å². The van der Waals surface area contributed by atoms with Crippen molar-refractivity contribution < 1.29 is 14.2 Å². The van der Waals surface area contributed by atoms with E-state index in [1.165, 1.54) is 11.8 Å². The van der Waals surface area contributed by atoms with Crippen LogP contribution in [0.1, 0.15) is 19.1 Å². The van der Waals surface area contributed by atoms with Crippen LogP contribution in [0.5, 0.6) is 0 Å². The van der Waals surface area contributed by atoms with Crippen LogP contribution in [0.2, 0.25) is 0 Å². The number of hydrogen-bond donors (Lipinski definition) is 1. The molecule has 120 valence electrons. The van der Waals surface area contributed by atoms with Crippen molar-refractivity contribution in [2.75, 3.05) is 5.48 Å².